The van der Waals surface area contributed by atoms with E-state index < -0.39 is 5.91 Å². The van der Waals surface area contributed by atoms with Crippen molar-refractivity contribution in [2.45, 2.75) is 26.8 Å². The van der Waals surface area contributed by atoms with Gasteiger partial charge in [0.15, 0.2) is 0 Å². The van der Waals surface area contributed by atoms with Crippen molar-refractivity contribution in [2.75, 3.05) is 19.6 Å². The molecule has 2 aromatic heterocycles. The molecule has 0 atom stereocenters. The molecule has 0 fully saturated rings. The van der Waals surface area contributed by atoms with E-state index in [-0.39, 0.29) is 11.1 Å². The summed E-state index contributed by atoms with van der Waals surface area (Å²) in [6.07, 6.45) is 6.24. The molecular formula is C18H25N5O. The molecule has 0 aliphatic rings. The summed E-state index contributed by atoms with van der Waals surface area (Å²) in [5, 5.41) is 8.25. The third-order valence-electron chi connectivity index (χ3n) is 4.18. The van der Waals surface area contributed by atoms with E-state index in [0.29, 0.717) is 6.54 Å². The molecule has 0 bridgehead atoms. The number of rotatable bonds is 8. The predicted molar refractivity (Wildman–Crippen MR) is 94.4 cm³/mol. The van der Waals surface area contributed by atoms with E-state index in [0.717, 1.165) is 37.2 Å². The Balaban J connectivity index is 2.31. The number of aryl methyl sites for hydroxylation is 1. The first kappa shape index (κ1) is 17.9. The van der Waals surface area contributed by atoms with Gasteiger partial charge in [-0.2, -0.15) is 0 Å². The summed E-state index contributed by atoms with van der Waals surface area (Å²) in [5.74, 6) is -0.576. The minimum atomic E-state index is -0.576. The molecule has 0 unspecified atom stereocenters. The maximum atomic E-state index is 11.7. The Kier molecular flexibility index (Phi) is 6.26. The van der Waals surface area contributed by atoms with Crippen LogP contribution in [-0.2, 0) is 6.54 Å². The molecule has 2 aromatic rings. The second kappa shape index (κ2) is 8.40. The molecule has 0 radical (unpaired) electrons. The average molecular weight is 327 g/mol. The summed E-state index contributed by atoms with van der Waals surface area (Å²) in [7, 11) is 0. The molecule has 6 heteroatoms. The van der Waals surface area contributed by atoms with Crippen LogP contribution in [0.15, 0.2) is 36.8 Å². The van der Waals surface area contributed by atoms with Crippen molar-refractivity contribution in [1.29, 1.82) is 5.41 Å². The van der Waals surface area contributed by atoms with Gasteiger partial charge in [0.05, 0.1) is 5.56 Å². The van der Waals surface area contributed by atoms with Gasteiger partial charge in [-0.15, -0.1) is 0 Å². The number of amides is 1. The highest BCUT2D eigenvalue weighted by Crippen LogP contribution is 2.18. The predicted octanol–water partition coefficient (Wildman–Crippen LogP) is 1.86. The first-order valence-corrected chi connectivity index (χ1v) is 8.28. The zero-order chi connectivity index (χ0) is 17.5. The maximum Gasteiger partial charge on any atom is 0.252 e. The van der Waals surface area contributed by atoms with Crippen LogP contribution in [0, 0.1) is 5.41 Å². The molecule has 6 nitrogen and oxygen atoms in total. The van der Waals surface area contributed by atoms with E-state index in [1.165, 1.54) is 0 Å². The normalized spacial score (nSPS) is 11.0. The lowest BCUT2D eigenvalue weighted by atomic mass is 10.1. The Morgan fingerprint density at radius 2 is 1.92 bits per heavy atom. The van der Waals surface area contributed by atoms with Crippen molar-refractivity contribution >= 4 is 5.91 Å². The van der Waals surface area contributed by atoms with Gasteiger partial charge < -0.3 is 15.2 Å². The molecule has 24 heavy (non-hydrogen) atoms. The summed E-state index contributed by atoms with van der Waals surface area (Å²) >= 11 is 0. The third-order valence-corrected chi connectivity index (χ3v) is 4.18. The topological polar surface area (TPSA) is 88.0 Å². The van der Waals surface area contributed by atoms with E-state index in [1.54, 1.807) is 23.0 Å². The highest BCUT2D eigenvalue weighted by molar-refractivity contribution is 5.93. The van der Waals surface area contributed by atoms with Crippen LogP contribution < -0.4 is 11.2 Å². The lowest BCUT2D eigenvalue weighted by Crippen LogP contribution is -2.31. The summed E-state index contributed by atoms with van der Waals surface area (Å²) in [4.78, 5) is 18.1. The van der Waals surface area contributed by atoms with Crippen molar-refractivity contribution < 1.29 is 4.79 Å². The number of hydrogen-bond donors (Lipinski definition) is 2. The summed E-state index contributed by atoms with van der Waals surface area (Å²) < 4.78 is 1.80. The van der Waals surface area contributed by atoms with E-state index in [9.17, 15) is 4.79 Å². The van der Waals surface area contributed by atoms with Crippen LogP contribution in [0.4, 0.5) is 0 Å². The summed E-state index contributed by atoms with van der Waals surface area (Å²) in [6.45, 7) is 7.94. The van der Waals surface area contributed by atoms with Crippen LogP contribution >= 0.6 is 0 Å². The average Bonchev–Trinajstić information content (AvgIpc) is 2.60. The number of carbonyl (C=O) groups excluding carboxylic acids is 1. The van der Waals surface area contributed by atoms with Gasteiger partial charge in [0.1, 0.15) is 5.49 Å². The SMILES string of the molecule is CCN(CC)CCCn1cc(-c2ccncc2)cc(C(N)=O)c1=N. The minimum Gasteiger partial charge on any atom is -0.365 e. The highest BCUT2D eigenvalue weighted by atomic mass is 16.1. The molecule has 3 N–H and O–H groups in total. The largest absolute Gasteiger partial charge is 0.365 e. The molecule has 2 heterocycles. The van der Waals surface area contributed by atoms with Crippen LogP contribution in [0.2, 0.25) is 0 Å². The monoisotopic (exact) mass is 327 g/mol. The van der Waals surface area contributed by atoms with Crippen LogP contribution in [0.1, 0.15) is 30.6 Å². The van der Waals surface area contributed by atoms with Crippen LogP contribution in [0.5, 0.6) is 0 Å². The second-order valence-electron chi connectivity index (χ2n) is 5.67. The van der Waals surface area contributed by atoms with Gasteiger partial charge in [-0.25, -0.2) is 0 Å². The fraction of sp³-hybridized carbons (Fsp3) is 0.389. The molecule has 0 saturated carbocycles. The van der Waals surface area contributed by atoms with Crippen molar-refractivity contribution in [3.05, 3.63) is 47.8 Å². The third kappa shape index (κ3) is 4.29. The number of primary amides is 1. The zero-order valence-electron chi connectivity index (χ0n) is 14.3. The molecule has 0 saturated heterocycles. The van der Waals surface area contributed by atoms with Gasteiger partial charge in [-0.05, 0) is 55.4 Å². The maximum absolute atomic E-state index is 11.7. The molecule has 2 rings (SSSR count). The Labute approximate surface area is 142 Å². The van der Waals surface area contributed by atoms with E-state index in [1.807, 2.05) is 18.3 Å². The first-order chi connectivity index (χ1) is 11.6. The minimum absolute atomic E-state index is 0.167. The Morgan fingerprint density at radius 3 is 2.50 bits per heavy atom. The van der Waals surface area contributed by atoms with Crippen molar-refractivity contribution in [3.63, 3.8) is 0 Å². The Morgan fingerprint density at radius 1 is 1.25 bits per heavy atom. The van der Waals surface area contributed by atoms with Gasteiger partial charge in [-0.1, -0.05) is 13.8 Å². The number of carbonyl (C=O) groups is 1. The van der Waals surface area contributed by atoms with E-state index in [2.05, 4.69) is 23.7 Å². The van der Waals surface area contributed by atoms with Crippen molar-refractivity contribution in [2.24, 2.45) is 5.73 Å². The van der Waals surface area contributed by atoms with Crippen LogP contribution in [0.25, 0.3) is 11.1 Å². The fourth-order valence-electron chi connectivity index (χ4n) is 2.72. The lowest BCUT2D eigenvalue weighted by molar-refractivity contribution is 0.0997. The number of aromatic nitrogens is 2. The Bertz CT molecular complexity index is 735. The quantitative estimate of drug-likeness (QED) is 0.775. The molecule has 0 aliphatic heterocycles. The van der Waals surface area contributed by atoms with Crippen LogP contribution in [0.3, 0.4) is 0 Å². The smallest absolute Gasteiger partial charge is 0.252 e. The van der Waals surface area contributed by atoms with Crippen molar-refractivity contribution in [1.82, 2.24) is 14.5 Å². The number of nitrogens with two attached hydrogens (primary N) is 1. The Hall–Kier alpha value is -2.47. The zero-order valence-corrected chi connectivity index (χ0v) is 14.3. The number of nitrogens with one attached hydrogen (secondary N) is 1. The van der Waals surface area contributed by atoms with Gasteiger partial charge in [0.2, 0.25) is 0 Å². The number of nitrogens with zero attached hydrogens (tertiary/aromatic N) is 3. The number of pyridine rings is 2. The van der Waals surface area contributed by atoms with E-state index in [4.69, 9.17) is 11.1 Å². The van der Waals surface area contributed by atoms with Crippen LogP contribution in [-0.4, -0.2) is 40.0 Å². The van der Waals surface area contributed by atoms with E-state index >= 15 is 0 Å². The lowest BCUT2D eigenvalue weighted by Gasteiger charge is -2.19. The molecule has 0 aliphatic carbocycles. The molecular weight excluding hydrogens is 302 g/mol. The highest BCUT2D eigenvalue weighted by Gasteiger charge is 2.10. The van der Waals surface area contributed by atoms with Gasteiger partial charge in [0.25, 0.3) is 5.91 Å². The van der Waals surface area contributed by atoms with Crippen molar-refractivity contribution in [3.8, 4) is 11.1 Å². The fourth-order valence-corrected chi connectivity index (χ4v) is 2.72. The summed E-state index contributed by atoms with van der Waals surface area (Å²) in [5.41, 5.74) is 7.68. The van der Waals surface area contributed by atoms with Gasteiger partial charge >= 0.3 is 0 Å². The van der Waals surface area contributed by atoms with Gasteiger partial charge in [0, 0.05) is 25.1 Å². The first-order valence-electron chi connectivity index (χ1n) is 8.28. The summed E-state index contributed by atoms with van der Waals surface area (Å²) in [6, 6.07) is 5.44. The number of hydrogen-bond acceptors (Lipinski definition) is 4. The standard InChI is InChI=1S/C18H25N5O/c1-3-22(4-2)10-5-11-23-13-15(14-6-8-21-9-7-14)12-16(17(23)19)18(20)24/h6-9,12-13,19H,3-5,10-11H2,1-2H3,(H2,20,24). The van der Waals surface area contributed by atoms with Gasteiger partial charge in [-0.3, -0.25) is 15.2 Å². The molecule has 128 valence electrons. The molecule has 0 aromatic carbocycles. The second-order valence-corrected chi connectivity index (χ2v) is 5.67. The molecule has 1 amide bonds. The molecule has 0 spiro atoms.